The molecule has 0 aliphatic carbocycles. The molecule has 0 bridgehead atoms. The third kappa shape index (κ3) is 4.16. The van der Waals surface area contributed by atoms with Gasteiger partial charge in [0.25, 0.3) is 0 Å². The van der Waals surface area contributed by atoms with E-state index in [1.54, 1.807) is 12.1 Å². The fourth-order valence-corrected chi connectivity index (χ4v) is 3.17. The summed E-state index contributed by atoms with van der Waals surface area (Å²) >= 11 is 0. The molecule has 2 heterocycles. The first-order chi connectivity index (χ1) is 13.4. The lowest BCUT2D eigenvalue weighted by Crippen LogP contribution is -2.41. The first-order valence-corrected chi connectivity index (χ1v) is 8.75. The Morgan fingerprint density at radius 3 is 2.68 bits per heavy atom. The van der Waals surface area contributed by atoms with Crippen molar-refractivity contribution in [2.24, 2.45) is 0 Å². The van der Waals surface area contributed by atoms with Gasteiger partial charge in [0.15, 0.2) is 0 Å². The maximum absolute atomic E-state index is 14.6. The van der Waals surface area contributed by atoms with Crippen LogP contribution in [0.3, 0.4) is 0 Å². The molecule has 151 valence electrons. The number of benzene rings is 1. The SMILES string of the molecule is [CH2]OC(=O)N(C[C@H]1CN(c2ccc(N3CCOCC3)c(F)c2)C(=O)O1)C(C)=O. The Morgan fingerprint density at radius 1 is 1.36 bits per heavy atom. The molecule has 1 aromatic rings. The zero-order chi connectivity index (χ0) is 20.3. The Balaban J connectivity index is 1.70. The number of imide groups is 1. The standard InChI is InChI=1S/C18H21FN3O6/c1-12(23)21(17(24)26-2)10-14-11-22(18(25)28-14)13-3-4-16(15(19)9-13)20-5-7-27-8-6-20/h3-4,9,14H,2,5-8,10-11H2,1H3/t14-/m0/s1. The number of amides is 3. The first-order valence-electron chi connectivity index (χ1n) is 8.75. The first kappa shape index (κ1) is 19.9. The van der Waals surface area contributed by atoms with Crippen LogP contribution >= 0.6 is 0 Å². The number of rotatable bonds is 4. The van der Waals surface area contributed by atoms with E-state index in [1.165, 1.54) is 17.9 Å². The van der Waals surface area contributed by atoms with Crippen LogP contribution in [-0.2, 0) is 19.0 Å². The maximum Gasteiger partial charge on any atom is 0.416 e. The van der Waals surface area contributed by atoms with E-state index in [0.717, 1.165) is 4.90 Å². The molecule has 1 atom stereocenters. The van der Waals surface area contributed by atoms with Crippen molar-refractivity contribution in [2.45, 2.75) is 13.0 Å². The number of hydrogen-bond acceptors (Lipinski definition) is 7. The van der Waals surface area contributed by atoms with Gasteiger partial charge in [-0.3, -0.25) is 9.69 Å². The summed E-state index contributed by atoms with van der Waals surface area (Å²) in [5.41, 5.74) is 0.772. The van der Waals surface area contributed by atoms with Gasteiger partial charge in [-0.25, -0.2) is 18.9 Å². The molecule has 9 nitrogen and oxygen atoms in total. The number of halogens is 1. The second kappa shape index (κ2) is 8.42. The van der Waals surface area contributed by atoms with Gasteiger partial charge in [0.2, 0.25) is 5.91 Å². The topological polar surface area (TPSA) is 88.6 Å². The van der Waals surface area contributed by atoms with E-state index in [9.17, 15) is 18.8 Å². The van der Waals surface area contributed by atoms with Gasteiger partial charge in [-0.15, -0.1) is 0 Å². The van der Waals surface area contributed by atoms with Gasteiger partial charge >= 0.3 is 12.2 Å². The molecule has 0 aromatic heterocycles. The summed E-state index contributed by atoms with van der Waals surface area (Å²) in [7, 11) is 2.98. The third-order valence-electron chi connectivity index (χ3n) is 4.58. The molecule has 1 aromatic carbocycles. The molecule has 0 N–H and O–H groups in total. The van der Waals surface area contributed by atoms with Crippen LogP contribution in [0, 0.1) is 12.9 Å². The minimum Gasteiger partial charge on any atom is -0.445 e. The number of morpholine rings is 1. The zero-order valence-corrected chi connectivity index (χ0v) is 15.4. The van der Waals surface area contributed by atoms with Gasteiger partial charge in [-0.05, 0) is 18.2 Å². The highest BCUT2D eigenvalue weighted by Gasteiger charge is 2.36. The third-order valence-corrected chi connectivity index (χ3v) is 4.58. The molecule has 2 saturated heterocycles. The lowest BCUT2D eigenvalue weighted by atomic mass is 10.2. The van der Waals surface area contributed by atoms with E-state index in [0.29, 0.717) is 37.7 Å². The molecule has 1 radical (unpaired) electrons. The summed E-state index contributed by atoms with van der Waals surface area (Å²) in [4.78, 5) is 39.3. The van der Waals surface area contributed by atoms with Gasteiger partial charge < -0.3 is 19.1 Å². The van der Waals surface area contributed by atoms with Crippen molar-refractivity contribution in [3.05, 3.63) is 31.1 Å². The highest BCUT2D eigenvalue weighted by molar-refractivity contribution is 5.92. The van der Waals surface area contributed by atoms with Gasteiger partial charge in [0.05, 0.1) is 37.7 Å². The van der Waals surface area contributed by atoms with Crippen molar-refractivity contribution >= 4 is 29.5 Å². The molecule has 2 aliphatic rings. The number of hydrogen-bond donors (Lipinski definition) is 0. The molecule has 3 amide bonds. The van der Waals surface area contributed by atoms with Crippen LogP contribution in [0.5, 0.6) is 0 Å². The number of cyclic esters (lactones) is 1. The summed E-state index contributed by atoms with van der Waals surface area (Å²) < 4.78 is 29.4. The van der Waals surface area contributed by atoms with Crippen molar-refractivity contribution in [3.8, 4) is 0 Å². The smallest absolute Gasteiger partial charge is 0.416 e. The summed E-state index contributed by atoms with van der Waals surface area (Å²) in [6, 6.07) is 4.50. The predicted molar refractivity (Wildman–Crippen MR) is 96.3 cm³/mol. The van der Waals surface area contributed by atoms with Crippen LogP contribution < -0.4 is 9.80 Å². The largest absolute Gasteiger partial charge is 0.445 e. The van der Waals surface area contributed by atoms with E-state index < -0.39 is 30.0 Å². The fraction of sp³-hybridized carbons (Fsp3) is 0.444. The Bertz CT molecular complexity index is 768. The van der Waals surface area contributed by atoms with E-state index in [-0.39, 0.29) is 13.1 Å². The minimum atomic E-state index is -0.942. The van der Waals surface area contributed by atoms with E-state index in [4.69, 9.17) is 9.47 Å². The van der Waals surface area contributed by atoms with E-state index in [2.05, 4.69) is 11.8 Å². The zero-order valence-electron chi connectivity index (χ0n) is 15.4. The van der Waals surface area contributed by atoms with Crippen molar-refractivity contribution in [2.75, 3.05) is 49.2 Å². The quantitative estimate of drug-likeness (QED) is 0.769. The van der Waals surface area contributed by atoms with Gasteiger partial charge in [-0.2, -0.15) is 0 Å². The van der Waals surface area contributed by atoms with Crippen molar-refractivity contribution in [3.63, 3.8) is 0 Å². The van der Waals surface area contributed by atoms with Crippen LogP contribution in [0.1, 0.15) is 6.92 Å². The normalized spacial score (nSPS) is 19.4. The Hall–Kier alpha value is -2.88. The average Bonchev–Trinajstić information content (AvgIpc) is 3.06. The Labute approximate surface area is 161 Å². The van der Waals surface area contributed by atoms with Gasteiger partial charge in [0.1, 0.15) is 19.0 Å². The second-order valence-corrected chi connectivity index (χ2v) is 6.39. The number of carbonyl (C=O) groups excluding carboxylic acids is 3. The molecule has 10 heteroatoms. The fourth-order valence-electron chi connectivity index (χ4n) is 3.17. The number of anilines is 2. The molecule has 2 fully saturated rings. The van der Waals surface area contributed by atoms with Gasteiger partial charge in [-0.1, -0.05) is 0 Å². The minimum absolute atomic E-state index is 0.0589. The van der Waals surface area contributed by atoms with Crippen LogP contribution in [-0.4, -0.2) is 68.5 Å². The van der Waals surface area contributed by atoms with Crippen LogP contribution in [0.25, 0.3) is 0 Å². The highest BCUT2D eigenvalue weighted by atomic mass is 19.1. The van der Waals surface area contributed by atoms with Crippen molar-refractivity contribution in [1.29, 1.82) is 0 Å². The maximum atomic E-state index is 14.6. The lowest BCUT2D eigenvalue weighted by Gasteiger charge is -2.29. The van der Waals surface area contributed by atoms with Crippen LogP contribution in [0.15, 0.2) is 18.2 Å². The molecule has 0 spiro atoms. The number of carbonyl (C=O) groups is 3. The van der Waals surface area contributed by atoms with Crippen LogP contribution in [0.2, 0.25) is 0 Å². The molecule has 2 aliphatic heterocycles. The van der Waals surface area contributed by atoms with Crippen molar-refractivity contribution < 1.29 is 33.0 Å². The van der Waals surface area contributed by atoms with Crippen LogP contribution in [0.4, 0.5) is 25.4 Å². The molecule has 0 unspecified atom stereocenters. The summed E-state index contributed by atoms with van der Waals surface area (Å²) in [5, 5.41) is 0. The molecular formula is C18H21FN3O6. The average molecular weight is 394 g/mol. The molecule has 28 heavy (non-hydrogen) atoms. The number of ether oxygens (including phenoxy) is 3. The second-order valence-electron chi connectivity index (χ2n) is 6.39. The summed E-state index contributed by atoms with van der Waals surface area (Å²) in [6.45, 7) is 3.31. The Morgan fingerprint density at radius 2 is 2.07 bits per heavy atom. The summed E-state index contributed by atoms with van der Waals surface area (Å²) in [5.74, 6) is -1.02. The van der Waals surface area contributed by atoms with E-state index in [1.807, 2.05) is 4.90 Å². The van der Waals surface area contributed by atoms with E-state index >= 15 is 0 Å². The summed E-state index contributed by atoms with van der Waals surface area (Å²) in [6.07, 6.45) is -2.39. The lowest BCUT2D eigenvalue weighted by molar-refractivity contribution is -0.127. The molecular weight excluding hydrogens is 373 g/mol. The predicted octanol–water partition coefficient (Wildman–Crippen LogP) is 1.76. The number of nitrogens with zero attached hydrogens (tertiary/aromatic N) is 3. The Kier molecular flexibility index (Phi) is 5.98. The van der Waals surface area contributed by atoms with Crippen molar-refractivity contribution in [1.82, 2.24) is 4.90 Å². The molecule has 0 saturated carbocycles. The monoisotopic (exact) mass is 394 g/mol. The molecule has 3 rings (SSSR count). The van der Waals surface area contributed by atoms with Gasteiger partial charge in [0, 0.05) is 20.0 Å². The highest BCUT2D eigenvalue weighted by Crippen LogP contribution is 2.28.